The molecule has 8 heteroatoms. The second-order valence-electron chi connectivity index (χ2n) is 5.48. The monoisotopic (exact) mass is 401 g/mol. The first-order chi connectivity index (χ1) is 13.1. The Morgan fingerprint density at radius 1 is 1.19 bits per heavy atom. The molecule has 2 amide bonds. The number of anilines is 1. The summed E-state index contributed by atoms with van der Waals surface area (Å²) in [6.07, 6.45) is 0. The molecule has 0 bridgehead atoms. The molecule has 3 aromatic rings. The van der Waals surface area contributed by atoms with Gasteiger partial charge in [-0.25, -0.2) is 4.98 Å². The first kappa shape index (κ1) is 18.9. The Labute approximate surface area is 165 Å². The topological polar surface area (TPSA) is 80.3 Å². The molecule has 2 aromatic carbocycles. The fraction of sp³-hybridized carbons (Fsp3) is 0.105. The van der Waals surface area contributed by atoms with Crippen molar-refractivity contribution in [3.05, 3.63) is 64.5 Å². The molecule has 138 valence electrons. The molecule has 0 saturated heterocycles. The zero-order valence-corrected chi connectivity index (χ0v) is 15.9. The number of aromatic nitrogens is 1. The van der Waals surface area contributed by atoms with Crippen LogP contribution in [0.4, 0.5) is 5.13 Å². The summed E-state index contributed by atoms with van der Waals surface area (Å²) in [6.45, 7) is -0.170. The van der Waals surface area contributed by atoms with Gasteiger partial charge in [-0.05, 0) is 24.3 Å². The second-order valence-corrected chi connectivity index (χ2v) is 6.75. The Balaban J connectivity index is 1.57. The van der Waals surface area contributed by atoms with Crippen LogP contribution in [-0.4, -0.2) is 30.5 Å². The molecular weight excluding hydrogens is 386 g/mol. The van der Waals surface area contributed by atoms with Crippen molar-refractivity contribution < 1.29 is 14.3 Å². The van der Waals surface area contributed by atoms with Crippen molar-refractivity contribution in [1.82, 2.24) is 10.3 Å². The van der Waals surface area contributed by atoms with Gasteiger partial charge >= 0.3 is 0 Å². The van der Waals surface area contributed by atoms with Crippen LogP contribution in [0, 0.1) is 0 Å². The normalized spacial score (nSPS) is 10.3. The number of hydrogen-bond acceptors (Lipinski definition) is 5. The van der Waals surface area contributed by atoms with Gasteiger partial charge in [-0.2, -0.15) is 0 Å². The number of nitrogens with one attached hydrogen (secondary N) is 2. The van der Waals surface area contributed by atoms with Gasteiger partial charge in [0.05, 0.1) is 19.3 Å². The van der Waals surface area contributed by atoms with Gasteiger partial charge in [-0.1, -0.05) is 35.9 Å². The van der Waals surface area contributed by atoms with Crippen molar-refractivity contribution in [3.63, 3.8) is 0 Å². The highest BCUT2D eigenvalue weighted by molar-refractivity contribution is 7.14. The highest BCUT2D eigenvalue weighted by atomic mass is 35.5. The number of thiazole rings is 1. The minimum Gasteiger partial charge on any atom is -0.497 e. The lowest BCUT2D eigenvalue weighted by molar-refractivity contribution is -0.115. The van der Waals surface area contributed by atoms with Crippen LogP contribution < -0.4 is 15.4 Å². The van der Waals surface area contributed by atoms with E-state index in [9.17, 15) is 9.59 Å². The van der Waals surface area contributed by atoms with Crippen LogP contribution in [0.5, 0.6) is 5.75 Å². The van der Waals surface area contributed by atoms with Crippen molar-refractivity contribution >= 4 is 39.9 Å². The average molecular weight is 402 g/mol. The summed E-state index contributed by atoms with van der Waals surface area (Å²) in [5.41, 5.74) is 1.89. The van der Waals surface area contributed by atoms with Crippen molar-refractivity contribution in [2.24, 2.45) is 0 Å². The van der Waals surface area contributed by atoms with Gasteiger partial charge < -0.3 is 15.4 Å². The Kier molecular flexibility index (Phi) is 6.05. The number of methoxy groups -OCH3 is 1. The highest BCUT2D eigenvalue weighted by Crippen LogP contribution is 2.30. The fourth-order valence-electron chi connectivity index (χ4n) is 2.31. The van der Waals surface area contributed by atoms with Gasteiger partial charge in [-0.15, -0.1) is 11.3 Å². The molecule has 1 heterocycles. The number of amides is 2. The predicted molar refractivity (Wildman–Crippen MR) is 107 cm³/mol. The second kappa shape index (κ2) is 8.66. The maximum absolute atomic E-state index is 12.1. The predicted octanol–water partition coefficient (Wildman–Crippen LogP) is 3.84. The Hall–Kier alpha value is -2.90. The van der Waals surface area contributed by atoms with Gasteiger partial charge in [0.1, 0.15) is 5.75 Å². The van der Waals surface area contributed by atoms with E-state index in [1.54, 1.807) is 30.3 Å². The molecule has 0 aliphatic carbocycles. The minimum absolute atomic E-state index is 0.170. The number of rotatable bonds is 6. The maximum Gasteiger partial charge on any atom is 0.251 e. The number of benzene rings is 2. The van der Waals surface area contributed by atoms with Crippen LogP contribution in [0.25, 0.3) is 11.3 Å². The van der Waals surface area contributed by atoms with Crippen LogP contribution in [0.3, 0.4) is 0 Å². The smallest absolute Gasteiger partial charge is 0.251 e. The van der Waals surface area contributed by atoms with E-state index in [0.29, 0.717) is 27.2 Å². The molecule has 2 N–H and O–H groups in total. The van der Waals surface area contributed by atoms with E-state index in [0.717, 1.165) is 5.56 Å². The molecular formula is C19H16ClN3O3S. The van der Waals surface area contributed by atoms with Crippen molar-refractivity contribution in [1.29, 1.82) is 0 Å². The van der Waals surface area contributed by atoms with E-state index < -0.39 is 0 Å². The van der Waals surface area contributed by atoms with Gasteiger partial charge in [-0.3, -0.25) is 9.59 Å². The minimum atomic E-state index is -0.369. The number of halogens is 1. The zero-order chi connectivity index (χ0) is 19.2. The molecule has 0 unspecified atom stereocenters. The molecule has 0 aliphatic heterocycles. The maximum atomic E-state index is 12.1. The number of hydrogen-bond donors (Lipinski definition) is 2. The average Bonchev–Trinajstić information content (AvgIpc) is 3.14. The third kappa shape index (κ3) is 4.84. The van der Waals surface area contributed by atoms with E-state index in [1.807, 2.05) is 23.6 Å². The number of carbonyl (C=O) groups excluding carboxylic acids is 2. The standard InChI is InChI=1S/C19H16ClN3O3S/c1-26-13-6-4-5-12(9-13)18(25)21-10-17(24)23-19-22-16(11-27-19)14-7-2-3-8-15(14)20/h2-9,11H,10H2,1H3,(H,21,25)(H,22,23,24). The van der Waals surface area contributed by atoms with E-state index in [4.69, 9.17) is 16.3 Å². The third-order valence-electron chi connectivity index (χ3n) is 3.64. The van der Waals surface area contributed by atoms with Crippen LogP contribution in [0.15, 0.2) is 53.9 Å². The summed E-state index contributed by atoms with van der Waals surface area (Å²) in [4.78, 5) is 28.6. The molecule has 0 saturated carbocycles. The van der Waals surface area contributed by atoms with Gasteiger partial charge in [0.25, 0.3) is 5.91 Å². The molecule has 1 aromatic heterocycles. The molecule has 6 nitrogen and oxygen atoms in total. The Bertz CT molecular complexity index is 974. The number of carbonyl (C=O) groups is 2. The molecule has 3 rings (SSSR count). The molecule has 0 spiro atoms. The highest BCUT2D eigenvalue weighted by Gasteiger charge is 2.12. The van der Waals surface area contributed by atoms with E-state index >= 15 is 0 Å². The zero-order valence-electron chi connectivity index (χ0n) is 14.4. The van der Waals surface area contributed by atoms with Crippen molar-refractivity contribution in [3.8, 4) is 17.0 Å². The fourth-order valence-corrected chi connectivity index (χ4v) is 3.27. The van der Waals surface area contributed by atoms with Crippen molar-refractivity contribution in [2.75, 3.05) is 19.0 Å². The first-order valence-corrected chi connectivity index (χ1v) is 9.25. The summed E-state index contributed by atoms with van der Waals surface area (Å²) >= 11 is 7.45. The lowest BCUT2D eigenvalue weighted by Crippen LogP contribution is -2.32. The summed E-state index contributed by atoms with van der Waals surface area (Å²) in [5.74, 6) is -0.159. The quantitative estimate of drug-likeness (QED) is 0.657. The number of nitrogens with zero attached hydrogens (tertiary/aromatic N) is 1. The van der Waals surface area contributed by atoms with Gasteiger partial charge in [0, 0.05) is 21.5 Å². The van der Waals surface area contributed by atoms with Gasteiger partial charge in [0.15, 0.2) is 5.13 Å². The van der Waals surface area contributed by atoms with Crippen LogP contribution in [0.2, 0.25) is 5.02 Å². The van der Waals surface area contributed by atoms with E-state index in [-0.39, 0.29) is 18.4 Å². The van der Waals surface area contributed by atoms with E-state index in [1.165, 1.54) is 18.4 Å². The Morgan fingerprint density at radius 2 is 2.00 bits per heavy atom. The number of ether oxygens (including phenoxy) is 1. The Morgan fingerprint density at radius 3 is 2.78 bits per heavy atom. The summed E-state index contributed by atoms with van der Waals surface area (Å²) < 4.78 is 5.08. The van der Waals surface area contributed by atoms with Crippen LogP contribution in [-0.2, 0) is 4.79 Å². The largest absolute Gasteiger partial charge is 0.497 e. The van der Waals surface area contributed by atoms with Crippen LogP contribution in [0.1, 0.15) is 10.4 Å². The van der Waals surface area contributed by atoms with Crippen molar-refractivity contribution in [2.45, 2.75) is 0 Å². The summed E-state index contributed by atoms with van der Waals surface area (Å²) in [7, 11) is 1.52. The third-order valence-corrected chi connectivity index (χ3v) is 4.73. The lowest BCUT2D eigenvalue weighted by Gasteiger charge is -2.06. The summed E-state index contributed by atoms with van der Waals surface area (Å²) in [6, 6.07) is 14.0. The SMILES string of the molecule is COc1cccc(C(=O)NCC(=O)Nc2nc(-c3ccccc3Cl)cs2)c1. The molecule has 27 heavy (non-hydrogen) atoms. The summed E-state index contributed by atoms with van der Waals surface area (Å²) in [5, 5.41) is 8.07. The molecule has 0 radical (unpaired) electrons. The van der Waals surface area contributed by atoms with Gasteiger partial charge in [0.2, 0.25) is 5.91 Å². The van der Waals surface area contributed by atoms with Crippen LogP contribution >= 0.6 is 22.9 Å². The molecule has 0 atom stereocenters. The molecule has 0 fully saturated rings. The van der Waals surface area contributed by atoms with E-state index in [2.05, 4.69) is 15.6 Å². The first-order valence-electron chi connectivity index (χ1n) is 7.99. The lowest BCUT2D eigenvalue weighted by atomic mass is 10.2. The molecule has 0 aliphatic rings.